The normalized spacial score (nSPS) is 11.7. The molecule has 29 heavy (non-hydrogen) atoms. The lowest BCUT2D eigenvalue weighted by atomic mass is 10.1. The van der Waals surface area contributed by atoms with Crippen LogP contribution in [0.1, 0.15) is 38.8 Å². The zero-order valence-electron chi connectivity index (χ0n) is 16.7. The number of carbonyl (C=O) groups excluding carboxylic acids is 2. The quantitative estimate of drug-likeness (QED) is 0.606. The lowest BCUT2D eigenvalue weighted by Crippen LogP contribution is -2.30. The fourth-order valence-corrected chi connectivity index (χ4v) is 4.23. The number of anilines is 1. The number of rotatable bonds is 7. The summed E-state index contributed by atoms with van der Waals surface area (Å²) in [5, 5.41) is 3.29. The third kappa shape index (κ3) is 5.03. The highest BCUT2D eigenvalue weighted by molar-refractivity contribution is 7.17. The molecule has 0 saturated heterocycles. The molecule has 0 aliphatic rings. The number of primary amides is 1. The van der Waals surface area contributed by atoms with Gasteiger partial charge in [0.05, 0.1) is 5.56 Å². The molecule has 3 N–H and O–H groups in total. The van der Waals surface area contributed by atoms with Gasteiger partial charge in [-0.1, -0.05) is 48.0 Å². The molecule has 3 aromatic rings. The molecule has 0 bridgehead atoms. The van der Waals surface area contributed by atoms with Crippen LogP contribution in [0.4, 0.5) is 5.00 Å². The molecular weight excluding hydrogens is 384 g/mol. The van der Waals surface area contributed by atoms with E-state index in [0.717, 1.165) is 21.6 Å². The van der Waals surface area contributed by atoms with Crippen molar-refractivity contribution in [3.8, 4) is 5.75 Å². The summed E-state index contributed by atoms with van der Waals surface area (Å²) in [6, 6.07) is 17.4. The summed E-state index contributed by atoms with van der Waals surface area (Å²) < 4.78 is 5.71. The van der Waals surface area contributed by atoms with Gasteiger partial charge in [-0.15, -0.1) is 11.3 Å². The summed E-state index contributed by atoms with van der Waals surface area (Å²) in [6.07, 6.45) is -0.0541. The number of aryl methyl sites for hydroxylation is 1. The van der Waals surface area contributed by atoms with Crippen molar-refractivity contribution in [2.45, 2.75) is 33.3 Å². The minimum absolute atomic E-state index is 0.333. The van der Waals surface area contributed by atoms with Gasteiger partial charge in [-0.2, -0.15) is 0 Å². The lowest BCUT2D eigenvalue weighted by Gasteiger charge is -2.14. The Morgan fingerprint density at radius 1 is 1.07 bits per heavy atom. The summed E-state index contributed by atoms with van der Waals surface area (Å²) in [5.41, 5.74) is 8.99. The molecule has 1 aromatic heterocycles. The predicted octanol–water partition coefficient (Wildman–Crippen LogP) is 4.46. The van der Waals surface area contributed by atoms with Gasteiger partial charge in [-0.3, -0.25) is 9.59 Å². The molecule has 0 unspecified atom stereocenters. The van der Waals surface area contributed by atoms with Crippen molar-refractivity contribution in [2.75, 3.05) is 5.32 Å². The number of benzene rings is 2. The molecule has 6 heteroatoms. The molecule has 0 fully saturated rings. The van der Waals surface area contributed by atoms with Gasteiger partial charge in [0, 0.05) is 11.3 Å². The third-order valence-corrected chi connectivity index (χ3v) is 5.85. The van der Waals surface area contributed by atoms with E-state index in [1.165, 1.54) is 11.3 Å². The second kappa shape index (κ2) is 8.92. The van der Waals surface area contributed by atoms with Crippen LogP contribution in [0.5, 0.6) is 5.75 Å². The van der Waals surface area contributed by atoms with Crippen molar-refractivity contribution in [1.29, 1.82) is 0 Å². The maximum atomic E-state index is 12.7. The molecule has 0 radical (unpaired) electrons. The Kier molecular flexibility index (Phi) is 6.34. The van der Waals surface area contributed by atoms with E-state index in [4.69, 9.17) is 10.5 Å². The number of nitrogens with two attached hydrogens (primary N) is 1. The number of carbonyl (C=O) groups is 2. The van der Waals surface area contributed by atoms with Gasteiger partial charge in [0.25, 0.3) is 11.8 Å². The van der Waals surface area contributed by atoms with E-state index in [2.05, 4.69) is 5.32 Å². The molecule has 1 atom stereocenters. The van der Waals surface area contributed by atoms with Crippen molar-refractivity contribution < 1.29 is 14.3 Å². The zero-order chi connectivity index (χ0) is 21.0. The van der Waals surface area contributed by atoms with E-state index < -0.39 is 12.0 Å². The Hall–Kier alpha value is -3.12. The van der Waals surface area contributed by atoms with Gasteiger partial charge < -0.3 is 15.8 Å². The summed E-state index contributed by atoms with van der Waals surface area (Å²) in [4.78, 5) is 25.7. The fourth-order valence-electron chi connectivity index (χ4n) is 2.98. The highest BCUT2D eigenvalue weighted by atomic mass is 32.1. The topological polar surface area (TPSA) is 81.4 Å². The molecule has 5 nitrogen and oxygen atoms in total. The number of nitrogens with one attached hydrogen (secondary N) is 1. The maximum Gasteiger partial charge on any atom is 0.265 e. The molecule has 0 aliphatic carbocycles. The molecule has 2 amide bonds. The van der Waals surface area contributed by atoms with Crippen LogP contribution >= 0.6 is 11.3 Å². The standard InChI is InChI=1S/C23H24N2O3S/c1-14-9-11-18(12-10-14)28-16(3)22(27)25-23-20(21(24)26)15(2)19(29-23)13-17-7-5-4-6-8-17/h4-12,16H,13H2,1-3H3,(H2,24,26)(H,25,27)/t16-/m0/s1. The van der Waals surface area contributed by atoms with Gasteiger partial charge in [-0.25, -0.2) is 0 Å². The SMILES string of the molecule is Cc1ccc(O[C@@H](C)C(=O)Nc2sc(Cc3ccccc3)c(C)c2C(N)=O)cc1. The second-order valence-corrected chi connectivity index (χ2v) is 8.05. The molecule has 0 aliphatic heterocycles. The van der Waals surface area contributed by atoms with Gasteiger partial charge in [-0.05, 0) is 44.0 Å². The summed E-state index contributed by atoms with van der Waals surface area (Å²) in [7, 11) is 0. The lowest BCUT2D eigenvalue weighted by molar-refractivity contribution is -0.122. The van der Waals surface area contributed by atoms with Crippen LogP contribution in [0.25, 0.3) is 0 Å². The van der Waals surface area contributed by atoms with Crippen LogP contribution in [-0.2, 0) is 11.2 Å². The van der Waals surface area contributed by atoms with E-state index >= 15 is 0 Å². The third-order valence-electron chi connectivity index (χ3n) is 4.64. The second-order valence-electron chi connectivity index (χ2n) is 6.94. The van der Waals surface area contributed by atoms with Gasteiger partial charge in [0.2, 0.25) is 0 Å². The van der Waals surface area contributed by atoms with E-state index in [1.807, 2.05) is 68.4 Å². The smallest absolute Gasteiger partial charge is 0.265 e. The van der Waals surface area contributed by atoms with Crippen molar-refractivity contribution >= 4 is 28.2 Å². The zero-order valence-corrected chi connectivity index (χ0v) is 17.5. The van der Waals surface area contributed by atoms with Crippen molar-refractivity contribution in [3.05, 3.63) is 81.7 Å². The fraction of sp³-hybridized carbons (Fsp3) is 0.217. The first kappa shape index (κ1) is 20.6. The monoisotopic (exact) mass is 408 g/mol. The van der Waals surface area contributed by atoms with Crippen molar-refractivity contribution in [1.82, 2.24) is 0 Å². The van der Waals surface area contributed by atoms with Crippen LogP contribution in [-0.4, -0.2) is 17.9 Å². The minimum Gasteiger partial charge on any atom is -0.481 e. The molecule has 150 valence electrons. The Balaban J connectivity index is 1.78. The number of thiophene rings is 1. The summed E-state index contributed by atoms with van der Waals surface area (Å²) in [5.74, 6) is -0.276. The molecule has 3 rings (SSSR count). The summed E-state index contributed by atoms with van der Waals surface area (Å²) in [6.45, 7) is 5.51. The number of amides is 2. The predicted molar refractivity (Wildman–Crippen MR) is 117 cm³/mol. The Labute approximate surface area is 174 Å². The first-order chi connectivity index (χ1) is 13.8. The number of ether oxygens (including phenoxy) is 1. The van der Waals surface area contributed by atoms with Crippen molar-refractivity contribution in [3.63, 3.8) is 0 Å². The number of hydrogen-bond acceptors (Lipinski definition) is 4. The van der Waals surface area contributed by atoms with Crippen molar-refractivity contribution in [2.24, 2.45) is 5.73 Å². The van der Waals surface area contributed by atoms with Gasteiger partial charge >= 0.3 is 0 Å². The highest BCUT2D eigenvalue weighted by Gasteiger charge is 2.23. The molecule has 0 spiro atoms. The first-order valence-electron chi connectivity index (χ1n) is 9.35. The molecule has 0 saturated carbocycles. The van der Waals surface area contributed by atoms with Gasteiger partial charge in [0.1, 0.15) is 10.8 Å². The number of hydrogen-bond donors (Lipinski definition) is 2. The highest BCUT2D eigenvalue weighted by Crippen LogP contribution is 2.34. The van der Waals surface area contributed by atoms with E-state index in [-0.39, 0.29) is 5.91 Å². The summed E-state index contributed by atoms with van der Waals surface area (Å²) >= 11 is 1.37. The average Bonchev–Trinajstić information content (AvgIpc) is 2.99. The van der Waals surface area contributed by atoms with E-state index in [9.17, 15) is 9.59 Å². The molecule has 1 heterocycles. The maximum absolute atomic E-state index is 12.7. The molecular formula is C23H24N2O3S. The van der Waals surface area contributed by atoms with Crippen LogP contribution in [0.3, 0.4) is 0 Å². The van der Waals surface area contributed by atoms with Crippen LogP contribution < -0.4 is 15.8 Å². The van der Waals surface area contributed by atoms with Crippen LogP contribution in [0.15, 0.2) is 54.6 Å². The van der Waals surface area contributed by atoms with Crippen LogP contribution in [0.2, 0.25) is 0 Å². The largest absolute Gasteiger partial charge is 0.481 e. The Morgan fingerprint density at radius 3 is 2.34 bits per heavy atom. The average molecular weight is 409 g/mol. The minimum atomic E-state index is -0.724. The van der Waals surface area contributed by atoms with Gasteiger partial charge in [0.15, 0.2) is 6.10 Å². The van der Waals surface area contributed by atoms with Crippen LogP contribution in [0, 0.1) is 13.8 Å². The first-order valence-corrected chi connectivity index (χ1v) is 10.2. The van der Waals surface area contributed by atoms with E-state index in [1.54, 1.807) is 6.92 Å². The van der Waals surface area contributed by atoms with E-state index in [0.29, 0.717) is 22.7 Å². The Morgan fingerprint density at radius 2 is 1.72 bits per heavy atom. The Bertz CT molecular complexity index is 1010. The molecule has 2 aromatic carbocycles.